The molecule has 1 aliphatic rings. The van der Waals surface area contributed by atoms with Crippen molar-refractivity contribution in [2.75, 3.05) is 26.2 Å². The number of hydrogen-bond acceptors (Lipinski definition) is 5. The Balaban J connectivity index is 1.52. The van der Waals surface area contributed by atoms with E-state index in [4.69, 9.17) is 11.6 Å². The van der Waals surface area contributed by atoms with E-state index >= 15 is 0 Å². The van der Waals surface area contributed by atoms with Crippen LogP contribution in [0.5, 0.6) is 0 Å². The predicted molar refractivity (Wildman–Crippen MR) is 103 cm³/mol. The highest BCUT2D eigenvalue weighted by molar-refractivity contribution is 7.16. The van der Waals surface area contributed by atoms with E-state index in [1.807, 2.05) is 12.1 Å². The summed E-state index contributed by atoms with van der Waals surface area (Å²) in [4.78, 5) is 28.0. The molecule has 0 N–H and O–H groups in total. The quantitative estimate of drug-likeness (QED) is 0.443. The molecule has 1 saturated heterocycles. The smallest absolute Gasteiger partial charge is 0.270 e. The molecule has 0 atom stereocenters. The zero-order valence-electron chi connectivity index (χ0n) is 14.0. The predicted octanol–water partition coefficient (Wildman–Crippen LogP) is 3.67. The molecule has 1 aromatic carbocycles. The number of nitro benzene ring substituents is 1. The van der Waals surface area contributed by atoms with Crippen LogP contribution in [-0.4, -0.2) is 46.8 Å². The van der Waals surface area contributed by atoms with Crippen LogP contribution in [0.3, 0.4) is 0 Å². The maximum atomic E-state index is 12.3. The van der Waals surface area contributed by atoms with Gasteiger partial charge in [-0.1, -0.05) is 23.7 Å². The van der Waals surface area contributed by atoms with Gasteiger partial charge in [0.05, 0.1) is 9.26 Å². The zero-order chi connectivity index (χ0) is 18.5. The highest BCUT2D eigenvalue weighted by Crippen LogP contribution is 2.23. The van der Waals surface area contributed by atoms with Gasteiger partial charge in [-0.25, -0.2) is 0 Å². The minimum atomic E-state index is -0.445. The van der Waals surface area contributed by atoms with Crippen LogP contribution in [0.1, 0.15) is 10.4 Å². The third-order valence-corrected chi connectivity index (χ3v) is 5.41. The second-order valence-corrected chi connectivity index (χ2v) is 7.79. The molecule has 1 amide bonds. The van der Waals surface area contributed by atoms with E-state index in [1.54, 1.807) is 34.4 Å². The van der Waals surface area contributed by atoms with Crippen molar-refractivity contribution in [1.29, 1.82) is 0 Å². The molecular formula is C18H18ClN3O3S. The number of halogens is 1. The molecule has 0 spiro atoms. The summed E-state index contributed by atoms with van der Waals surface area (Å²) in [5.41, 5.74) is 0.655. The molecule has 1 aromatic heterocycles. The van der Waals surface area contributed by atoms with E-state index < -0.39 is 4.92 Å². The minimum Gasteiger partial charge on any atom is -0.337 e. The number of carbonyl (C=O) groups excluding carboxylic acids is 1. The molecular weight excluding hydrogens is 374 g/mol. The number of nitrogens with zero attached hydrogens (tertiary/aromatic N) is 3. The molecule has 6 nitrogen and oxygen atoms in total. The molecule has 1 aliphatic heterocycles. The highest BCUT2D eigenvalue weighted by Gasteiger charge is 2.20. The number of rotatable bonds is 5. The van der Waals surface area contributed by atoms with Crippen LogP contribution in [0.25, 0.3) is 6.08 Å². The van der Waals surface area contributed by atoms with Gasteiger partial charge >= 0.3 is 0 Å². The van der Waals surface area contributed by atoms with Gasteiger partial charge in [0, 0.05) is 55.8 Å². The first-order valence-electron chi connectivity index (χ1n) is 8.19. The molecule has 0 saturated carbocycles. The van der Waals surface area contributed by atoms with Gasteiger partial charge < -0.3 is 4.90 Å². The summed E-state index contributed by atoms with van der Waals surface area (Å²) in [5.74, 6) is -0.0738. The molecule has 2 aromatic rings. The van der Waals surface area contributed by atoms with Crippen molar-refractivity contribution in [3.05, 3.63) is 67.4 Å². The largest absolute Gasteiger partial charge is 0.337 e. The van der Waals surface area contributed by atoms with Crippen LogP contribution in [0.4, 0.5) is 5.69 Å². The van der Waals surface area contributed by atoms with E-state index in [-0.39, 0.29) is 11.6 Å². The van der Waals surface area contributed by atoms with Crippen molar-refractivity contribution in [2.45, 2.75) is 6.54 Å². The Labute approximate surface area is 160 Å². The van der Waals surface area contributed by atoms with E-state index in [9.17, 15) is 14.9 Å². The summed E-state index contributed by atoms with van der Waals surface area (Å²) in [6.45, 7) is 3.80. The van der Waals surface area contributed by atoms with Crippen molar-refractivity contribution < 1.29 is 9.72 Å². The Kier molecular flexibility index (Phi) is 6.03. The average molecular weight is 392 g/mol. The molecule has 2 heterocycles. The van der Waals surface area contributed by atoms with Crippen LogP contribution in [-0.2, 0) is 11.3 Å². The Morgan fingerprint density at radius 3 is 2.65 bits per heavy atom. The monoisotopic (exact) mass is 391 g/mol. The number of amides is 1. The number of hydrogen-bond donors (Lipinski definition) is 0. The Hall–Kier alpha value is -2.22. The van der Waals surface area contributed by atoms with Gasteiger partial charge in [-0.2, -0.15) is 0 Å². The second kappa shape index (κ2) is 8.44. The molecule has 8 heteroatoms. The lowest BCUT2D eigenvalue weighted by Crippen LogP contribution is -2.47. The summed E-state index contributed by atoms with van der Waals surface area (Å²) < 4.78 is 0.792. The number of non-ortho nitro benzene ring substituents is 1. The van der Waals surface area contributed by atoms with Crippen LogP contribution in [0, 0.1) is 10.1 Å². The first-order valence-corrected chi connectivity index (χ1v) is 9.39. The average Bonchev–Trinajstić information content (AvgIpc) is 3.05. The Bertz CT molecular complexity index is 829. The summed E-state index contributed by atoms with van der Waals surface area (Å²) in [6.07, 6.45) is 3.10. The lowest BCUT2D eigenvalue weighted by molar-refractivity contribution is -0.384. The fraction of sp³-hybridized carbons (Fsp3) is 0.278. The van der Waals surface area contributed by atoms with Crippen molar-refractivity contribution in [2.24, 2.45) is 0 Å². The summed E-state index contributed by atoms with van der Waals surface area (Å²) in [7, 11) is 0. The third-order valence-electron chi connectivity index (χ3n) is 4.19. The van der Waals surface area contributed by atoms with Gasteiger partial charge in [0.15, 0.2) is 0 Å². The Morgan fingerprint density at radius 2 is 2.00 bits per heavy atom. The molecule has 1 fully saturated rings. The standard InChI is InChI=1S/C18H18ClN3O3S/c19-17-6-5-16(26-17)13-20-8-10-21(11-9-20)18(23)7-4-14-2-1-3-15(12-14)22(24)25/h1-7,12H,8-11,13H2/b7-4+. The summed E-state index contributed by atoms with van der Waals surface area (Å²) >= 11 is 7.54. The van der Waals surface area contributed by atoms with Crippen molar-refractivity contribution in [3.8, 4) is 0 Å². The second-order valence-electron chi connectivity index (χ2n) is 5.99. The van der Waals surface area contributed by atoms with Crippen LogP contribution in [0.2, 0.25) is 4.34 Å². The highest BCUT2D eigenvalue weighted by atomic mass is 35.5. The topological polar surface area (TPSA) is 66.7 Å². The van der Waals surface area contributed by atoms with Gasteiger partial charge in [0.1, 0.15) is 0 Å². The third kappa shape index (κ3) is 4.91. The van der Waals surface area contributed by atoms with Gasteiger partial charge in [0.25, 0.3) is 5.69 Å². The van der Waals surface area contributed by atoms with Gasteiger partial charge in [-0.3, -0.25) is 19.8 Å². The summed E-state index contributed by atoms with van der Waals surface area (Å²) in [5, 5.41) is 10.8. The molecule has 0 bridgehead atoms. The van der Waals surface area contributed by atoms with Crippen LogP contribution in [0.15, 0.2) is 42.5 Å². The number of piperazine rings is 1. The van der Waals surface area contributed by atoms with Crippen molar-refractivity contribution in [3.63, 3.8) is 0 Å². The van der Waals surface area contributed by atoms with E-state index in [2.05, 4.69) is 4.90 Å². The SMILES string of the molecule is O=C(/C=C/c1cccc([N+](=O)[O-])c1)N1CCN(Cc2ccc(Cl)s2)CC1. The van der Waals surface area contributed by atoms with E-state index in [0.29, 0.717) is 18.7 Å². The summed E-state index contributed by atoms with van der Waals surface area (Å²) in [6, 6.07) is 10.2. The maximum Gasteiger partial charge on any atom is 0.270 e. The molecule has 136 valence electrons. The van der Waals surface area contributed by atoms with E-state index in [0.717, 1.165) is 24.0 Å². The Morgan fingerprint density at radius 1 is 1.23 bits per heavy atom. The fourth-order valence-corrected chi connectivity index (χ4v) is 3.93. The van der Waals surface area contributed by atoms with Gasteiger partial charge in [-0.05, 0) is 23.8 Å². The normalized spacial score (nSPS) is 15.5. The van der Waals surface area contributed by atoms with Crippen molar-refractivity contribution >= 4 is 40.6 Å². The first-order chi connectivity index (χ1) is 12.5. The molecule has 0 aliphatic carbocycles. The van der Waals surface area contributed by atoms with Crippen LogP contribution < -0.4 is 0 Å². The number of thiophene rings is 1. The van der Waals surface area contributed by atoms with E-state index in [1.165, 1.54) is 23.1 Å². The lowest BCUT2D eigenvalue weighted by Gasteiger charge is -2.33. The molecule has 0 radical (unpaired) electrons. The van der Waals surface area contributed by atoms with Gasteiger partial charge in [-0.15, -0.1) is 11.3 Å². The van der Waals surface area contributed by atoms with Crippen LogP contribution >= 0.6 is 22.9 Å². The number of benzene rings is 1. The zero-order valence-corrected chi connectivity index (χ0v) is 15.6. The minimum absolute atomic E-state index is 0.0156. The lowest BCUT2D eigenvalue weighted by atomic mass is 10.2. The van der Waals surface area contributed by atoms with Gasteiger partial charge in [0.2, 0.25) is 5.91 Å². The maximum absolute atomic E-state index is 12.3. The molecule has 3 rings (SSSR count). The number of nitro groups is 1. The molecule has 26 heavy (non-hydrogen) atoms. The first kappa shape index (κ1) is 18.6. The number of carbonyl (C=O) groups is 1. The molecule has 0 unspecified atom stereocenters. The fourth-order valence-electron chi connectivity index (χ4n) is 2.80. The van der Waals surface area contributed by atoms with Crippen molar-refractivity contribution in [1.82, 2.24) is 9.80 Å².